The molecule has 2 heterocycles. The van der Waals surface area contributed by atoms with E-state index in [1.54, 1.807) is 23.0 Å². The topological polar surface area (TPSA) is 88.1 Å². The van der Waals surface area contributed by atoms with Gasteiger partial charge in [-0.15, -0.1) is 0 Å². The summed E-state index contributed by atoms with van der Waals surface area (Å²) in [7, 11) is 0. The highest BCUT2D eigenvalue weighted by molar-refractivity contribution is 5.94. The quantitative estimate of drug-likeness (QED) is 0.732. The zero-order valence-electron chi connectivity index (χ0n) is 13.5. The zero-order valence-corrected chi connectivity index (χ0v) is 13.5. The third kappa shape index (κ3) is 3.80. The summed E-state index contributed by atoms with van der Waals surface area (Å²) in [6, 6.07) is 9.19. The Balaban J connectivity index is 1.47. The van der Waals surface area contributed by atoms with Gasteiger partial charge in [0.25, 0.3) is 0 Å². The molecule has 1 unspecified atom stereocenters. The largest absolute Gasteiger partial charge is 0.347 e. The molecule has 1 aliphatic heterocycles. The van der Waals surface area contributed by atoms with Crippen LogP contribution in [0.2, 0.25) is 0 Å². The lowest BCUT2D eigenvalue weighted by Crippen LogP contribution is -2.50. The molecule has 2 aromatic rings. The lowest BCUT2D eigenvalue weighted by atomic mass is 9.88. The van der Waals surface area contributed by atoms with Crippen LogP contribution in [0, 0.1) is 11.8 Å². The van der Waals surface area contributed by atoms with E-state index in [9.17, 15) is 9.59 Å². The average molecular weight is 327 g/mol. The van der Waals surface area contributed by atoms with Crippen LogP contribution in [0.1, 0.15) is 6.92 Å². The molecule has 3 N–H and O–H groups in total. The van der Waals surface area contributed by atoms with E-state index in [0.717, 1.165) is 18.8 Å². The predicted molar refractivity (Wildman–Crippen MR) is 90.7 cm³/mol. The molecular weight excluding hydrogens is 306 g/mol. The summed E-state index contributed by atoms with van der Waals surface area (Å²) in [5.74, 6) is -0.0323. The van der Waals surface area contributed by atoms with Crippen LogP contribution in [-0.4, -0.2) is 41.2 Å². The highest BCUT2D eigenvalue weighted by atomic mass is 16.2. The molecule has 1 aromatic carbocycles. The summed E-state index contributed by atoms with van der Waals surface area (Å²) < 4.78 is 1.74. The number of carbonyl (C=O) groups is 2. The highest BCUT2D eigenvalue weighted by Crippen LogP contribution is 2.15. The summed E-state index contributed by atoms with van der Waals surface area (Å²) in [6.07, 6.45) is 3.56. The Morgan fingerprint density at radius 2 is 2.08 bits per heavy atom. The number of carbonyl (C=O) groups excluding carboxylic acids is 2. The summed E-state index contributed by atoms with van der Waals surface area (Å²) in [4.78, 5) is 23.9. The summed E-state index contributed by atoms with van der Waals surface area (Å²) in [5, 5.41) is 12.8. The molecule has 0 aliphatic carbocycles. The summed E-state index contributed by atoms with van der Waals surface area (Å²) in [5.41, 5.74) is 1.59. The van der Waals surface area contributed by atoms with Gasteiger partial charge in [0, 0.05) is 24.0 Å². The second-order valence-corrected chi connectivity index (χ2v) is 5.97. The minimum absolute atomic E-state index is 0.0236. The van der Waals surface area contributed by atoms with E-state index >= 15 is 0 Å². The first kappa shape index (κ1) is 16.2. The van der Waals surface area contributed by atoms with E-state index in [0.29, 0.717) is 11.6 Å². The van der Waals surface area contributed by atoms with Crippen LogP contribution in [0.25, 0.3) is 5.69 Å². The van der Waals surface area contributed by atoms with Crippen molar-refractivity contribution in [2.45, 2.75) is 6.92 Å². The average Bonchev–Trinajstić information content (AvgIpc) is 3.06. The van der Waals surface area contributed by atoms with E-state index in [-0.39, 0.29) is 24.3 Å². The highest BCUT2D eigenvalue weighted by Gasteiger charge is 2.28. The standard InChI is InChI=1S/C17H21N5O2/c1-12(13-9-18-10-13)17(24)19-11-16(23)21-14-3-5-15(6-4-14)22-8-2-7-20-22/h2-8,12-13,18H,9-11H2,1H3,(H,19,24)(H,21,23). The molecule has 7 nitrogen and oxygen atoms in total. The Labute approximate surface area is 140 Å². The minimum Gasteiger partial charge on any atom is -0.347 e. The molecule has 1 atom stereocenters. The molecule has 0 spiro atoms. The third-order valence-corrected chi connectivity index (χ3v) is 4.28. The normalized spacial score (nSPS) is 15.4. The van der Waals surface area contributed by atoms with E-state index < -0.39 is 0 Å². The van der Waals surface area contributed by atoms with Crippen LogP contribution in [0.3, 0.4) is 0 Å². The number of amides is 2. The van der Waals surface area contributed by atoms with Gasteiger partial charge in [-0.1, -0.05) is 6.92 Å². The van der Waals surface area contributed by atoms with E-state index in [1.165, 1.54) is 0 Å². The van der Waals surface area contributed by atoms with Gasteiger partial charge in [-0.2, -0.15) is 5.10 Å². The predicted octanol–water partition coefficient (Wildman–Crippen LogP) is 0.782. The fourth-order valence-electron chi connectivity index (χ4n) is 2.53. The van der Waals surface area contributed by atoms with Crippen LogP contribution < -0.4 is 16.0 Å². The van der Waals surface area contributed by atoms with Gasteiger partial charge in [-0.3, -0.25) is 9.59 Å². The molecule has 24 heavy (non-hydrogen) atoms. The fraction of sp³-hybridized carbons (Fsp3) is 0.353. The smallest absolute Gasteiger partial charge is 0.243 e. The number of aromatic nitrogens is 2. The van der Waals surface area contributed by atoms with Crippen molar-refractivity contribution in [1.29, 1.82) is 0 Å². The molecule has 1 aromatic heterocycles. The number of nitrogens with zero attached hydrogens (tertiary/aromatic N) is 2. The van der Waals surface area contributed by atoms with Crippen molar-refractivity contribution in [3.8, 4) is 5.69 Å². The minimum atomic E-state index is -0.242. The molecule has 2 amide bonds. The number of hydrogen-bond donors (Lipinski definition) is 3. The molecule has 1 fully saturated rings. The van der Waals surface area contributed by atoms with E-state index in [2.05, 4.69) is 21.0 Å². The maximum absolute atomic E-state index is 12.0. The number of anilines is 1. The second kappa shape index (κ2) is 7.27. The van der Waals surface area contributed by atoms with Gasteiger partial charge in [0.15, 0.2) is 0 Å². The van der Waals surface area contributed by atoms with Gasteiger partial charge in [0.1, 0.15) is 0 Å². The monoisotopic (exact) mass is 327 g/mol. The number of benzene rings is 1. The lowest BCUT2D eigenvalue weighted by Gasteiger charge is -2.31. The maximum atomic E-state index is 12.0. The van der Waals surface area contributed by atoms with Crippen molar-refractivity contribution in [2.75, 3.05) is 25.0 Å². The second-order valence-electron chi connectivity index (χ2n) is 5.97. The van der Waals surface area contributed by atoms with Crippen LogP contribution in [0.4, 0.5) is 5.69 Å². The van der Waals surface area contributed by atoms with Gasteiger partial charge in [0.2, 0.25) is 11.8 Å². The lowest BCUT2D eigenvalue weighted by molar-refractivity contribution is -0.128. The van der Waals surface area contributed by atoms with Crippen LogP contribution >= 0.6 is 0 Å². The van der Waals surface area contributed by atoms with Gasteiger partial charge in [0.05, 0.1) is 12.2 Å². The fourth-order valence-corrected chi connectivity index (χ4v) is 2.53. The zero-order chi connectivity index (χ0) is 16.9. The summed E-state index contributed by atoms with van der Waals surface area (Å²) >= 11 is 0. The Hall–Kier alpha value is -2.67. The molecule has 1 saturated heterocycles. The molecule has 1 aliphatic rings. The Kier molecular flexibility index (Phi) is 4.90. The number of hydrogen-bond acceptors (Lipinski definition) is 4. The van der Waals surface area contributed by atoms with Gasteiger partial charge >= 0.3 is 0 Å². The van der Waals surface area contributed by atoms with Crippen molar-refractivity contribution in [1.82, 2.24) is 20.4 Å². The number of nitrogens with one attached hydrogen (secondary N) is 3. The molecule has 126 valence electrons. The third-order valence-electron chi connectivity index (χ3n) is 4.28. The number of rotatable bonds is 6. The molecule has 0 bridgehead atoms. The van der Waals surface area contributed by atoms with Crippen molar-refractivity contribution in [2.24, 2.45) is 11.8 Å². The van der Waals surface area contributed by atoms with E-state index in [1.807, 2.05) is 31.3 Å². The van der Waals surface area contributed by atoms with Crippen LogP contribution in [0.5, 0.6) is 0 Å². The summed E-state index contributed by atoms with van der Waals surface area (Å²) in [6.45, 7) is 3.60. The molecular formula is C17H21N5O2. The van der Waals surface area contributed by atoms with Gasteiger partial charge in [-0.25, -0.2) is 4.68 Å². The van der Waals surface area contributed by atoms with Gasteiger partial charge < -0.3 is 16.0 Å². The Bertz CT molecular complexity index is 692. The van der Waals surface area contributed by atoms with E-state index in [4.69, 9.17) is 0 Å². The Morgan fingerprint density at radius 3 is 2.67 bits per heavy atom. The first-order valence-corrected chi connectivity index (χ1v) is 8.02. The van der Waals surface area contributed by atoms with Crippen molar-refractivity contribution >= 4 is 17.5 Å². The molecule has 7 heteroatoms. The first-order chi connectivity index (χ1) is 11.6. The molecule has 0 saturated carbocycles. The maximum Gasteiger partial charge on any atom is 0.243 e. The first-order valence-electron chi connectivity index (χ1n) is 8.02. The Morgan fingerprint density at radius 1 is 1.33 bits per heavy atom. The van der Waals surface area contributed by atoms with Crippen LogP contribution in [0.15, 0.2) is 42.7 Å². The van der Waals surface area contributed by atoms with Crippen LogP contribution in [-0.2, 0) is 9.59 Å². The van der Waals surface area contributed by atoms with Crippen molar-refractivity contribution in [3.63, 3.8) is 0 Å². The molecule has 3 rings (SSSR count). The SMILES string of the molecule is CC(C(=O)NCC(=O)Nc1ccc(-n2cccn2)cc1)C1CNC1. The van der Waals surface area contributed by atoms with Crippen molar-refractivity contribution < 1.29 is 9.59 Å². The molecule has 0 radical (unpaired) electrons. The van der Waals surface area contributed by atoms with Crippen molar-refractivity contribution in [3.05, 3.63) is 42.7 Å². The van der Waals surface area contributed by atoms with Gasteiger partial charge in [-0.05, 0) is 49.3 Å².